The number of nitrogens with one attached hydrogen (secondary N) is 1. The van der Waals surface area contributed by atoms with Gasteiger partial charge in [-0.2, -0.15) is 0 Å². The van der Waals surface area contributed by atoms with Gasteiger partial charge in [-0.05, 0) is 208 Å². The summed E-state index contributed by atoms with van der Waals surface area (Å²) in [5.41, 5.74) is 26.0. The quantitative estimate of drug-likeness (QED) is 0.171. The van der Waals surface area contributed by atoms with Crippen LogP contribution in [0.25, 0.3) is 66.1 Å². The lowest BCUT2D eigenvalue weighted by Gasteiger charge is -2.40. The van der Waals surface area contributed by atoms with E-state index in [4.69, 9.17) is 0 Å². The van der Waals surface area contributed by atoms with E-state index in [9.17, 15) is 0 Å². The highest BCUT2D eigenvalue weighted by Crippen LogP contribution is 2.66. The van der Waals surface area contributed by atoms with E-state index in [1.165, 1.54) is 130 Å². The first kappa shape index (κ1) is 62.3. The molecule has 5 heteroatoms. The highest BCUT2D eigenvalue weighted by atomic mass is 79.9. The Morgan fingerprint density at radius 3 is 1.09 bits per heavy atom. The maximum absolute atomic E-state index is 3.78. The zero-order valence-electron chi connectivity index (χ0n) is 53.9. The van der Waals surface area contributed by atoms with Crippen molar-refractivity contribution >= 4 is 89.4 Å². The number of anilines is 5. The van der Waals surface area contributed by atoms with Crippen molar-refractivity contribution in [2.45, 2.75) is 37.8 Å². The van der Waals surface area contributed by atoms with Crippen LogP contribution in [-0.4, -0.2) is 0 Å². The van der Waals surface area contributed by atoms with E-state index in [2.05, 4.69) is 378 Å². The van der Waals surface area contributed by atoms with Crippen LogP contribution >= 0.6 is 39.5 Å². The van der Waals surface area contributed by atoms with Gasteiger partial charge in [0.05, 0.1) is 10.8 Å². The minimum Gasteiger partial charge on any atom is -0.356 e. The van der Waals surface area contributed by atoms with Crippen molar-refractivity contribution < 1.29 is 0 Å². The minimum atomic E-state index is -0.456. The predicted octanol–water partition coefficient (Wildman–Crippen LogP) is 27.0. The van der Waals surface area contributed by atoms with Crippen LogP contribution in [-0.2, 0) is 10.8 Å². The summed E-state index contributed by atoms with van der Waals surface area (Å²) >= 11 is 7.56. The van der Waals surface area contributed by atoms with Crippen molar-refractivity contribution in [3.05, 3.63) is 425 Å². The first-order valence-corrected chi connectivity index (χ1v) is 36.1. The monoisotopic (exact) mass is 1380 g/mol. The lowest BCUT2D eigenvalue weighted by Crippen LogP contribution is -2.32. The fourth-order valence-electron chi connectivity index (χ4n) is 16.0. The lowest BCUT2D eigenvalue weighted by atomic mass is 9.67. The maximum atomic E-state index is 3.78. The highest BCUT2D eigenvalue weighted by molar-refractivity contribution is 9.10. The largest absolute Gasteiger partial charge is 0.356 e. The molecule has 2 aliphatic heterocycles. The molecule has 0 atom stereocenters. The van der Waals surface area contributed by atoms with E-state index in [-0.39, 0.29) is 12.8 Å². The van der Waals surface area contributed by atoms with Crippen molar-refractivity contribution in [3.8, 4) is 44.5 Å². The third-order valence-corrected chi connectivity index (χ3v) is 23.0. The summed E-state index contributed by atoms with van der Waals surface area (Å²) in [6.07, 6.45) is 0. The maximum Gasteiger partial charge on any atom is 0.0736 e. The Morgan fingerprint density at radius 1 is 0.260 bits per heavy atom. The zero-order chi connectivity index (χ0) is 65.9. The molecule has 20 rings (SSSR count). The molecule has 16 aromatic carbocycles. The molecule has 16 aromatic rings. The molecule has 4 aliphatic rings. The molecule has 0 radical (unpaired) electrons. The molecule has 0 unspecified atom stereocenters. The van der Waals surface area contributed by atoms with Crippen LogP contribution < -0.4 is 10.2 Å². The molecule has 0 saturated carbocycles. The Labute approximate surface area is 602 Å². The summed E-state index contributed by atoms with van der Waals surface area (Å²) in [5, 5.41) is 8.57. The molecule has 0 saturated heterocycles. The Morgan fingerprint density at radius 2 is 0.610 bits per heavy atom. The zero-order valence-corrected chi connectivity index (χ0v) is 57.2. The molecule has 1 N–H and O–H groups in total. The van der Waals surface area contributed by atoms with Gasteiger partial charge in [0.1, 0.15) is 0 Å². The van der Waals surface area contributed by atoms with Crippen molar-refractivity contribution in [1.29, 1.82) is 0 Å². The van der Waals surface area contributed by atoms with Crippen LogP contribution in [0.3, 0.4) is 0 Å². The van der Waals surface area contributed by atoms with Crippen molar-refractivity contribution in [2.75, 3.05) is 10.2 Å². The molecule has 476 valence electrons. The van der Waals surface area contributed by atoms with Gasteiger partial charge in [0.2, 0.25) is 0 Å². The summed E-state index contributed by atoms with van der Waals surface area (Å²) in [4.78, 5) is 7.71. The molecular weight excluding hydrogens is 1310 g/mol. The molecule has 0 amide bonds. The summed E-state index contributed by atoms with van der Waals surface area (Å²) in [5.74, 6) is 0. The van der Waals surface area contributed by atoms with Crippen LogP contribution in [0.5, 0.6) is 0 Å². The van der Waals surface area contributed by atoms with E-state index in [1.807, 2.05) is 47.8 Å². The van der Waals surface area contributed by atoms with Gasteiger partial charge in [0.25, 0.3) is 0 Å². The fraction of sp³-hybridized carbons (Fsp3) is 0.0316. The molecule has 2 spiro atoms. The highest BCUT2D eigenvalue weighted by Gasteiger charge is 2.52. The summed E-state index contributed by atoms with van der Waals surface area (Å²) < 4.78 is 1.12. The average Bonchev–Trinajstić information content (AvgIpc) is 1.50. The molecule has 2 aliphatic carbocycles. The van der Waals surface area contributed by atoms with Gasteiger partial charge in [-0.3, -0.25) is 0 Å². The van der Waals surface area contributed by atoms with Crippen LogP contribution in [0, 0.1) is 0 Å². The summed E-state index contributed by atoms with van der Waals surface area (Å²) in [7, 11) is 0. The molecule has 2 heterocycles. The van der Waals surface area contributed by atoms with Gasteiger partial charge in [0, 0.05) is 52.5 Å². The first-order valence-electron chi connectivity index (χ1n) is 33.7. The standard InChI is InChI=1S/C47H31NS.C29H17BrS.C18H15N.CH4/c1-3-13-32(14-4-1)33-23-26-36(27-24-33)48(35-16-5-2-6-17-35)37-28-29-39-43(31-37)47(42-30-25-34-15-7-8-18-38(34)46(39)42)40-19-9-11-21-44(40)49-45-22-12-10-20-41(45)47;30-19-14-15-21-25(17-19)29(24-16-13-18-7-1-2-8-20(18)28(21)24)22-9-3-5-11-26(22)31-27-12-6-4-10-23(27)29;1-3-7-15(8-4-1)16-11-13-18(14-12-16)19-17-9-5-2-6-10-17;/h1-31H;1-17H;1-14,19H;1H4. The third kappa shape index (κ3) is 10.5. The lowest BCUT2D eigenvalue weighted by molar-refractivity contribution is 0.722. The molecule has 2 nitrogen and oxygen atoms in total. The third-order valence-electron chi connectivity index (χ3n) is 20.2. The van der Waals surface area contributed by atoms with Gasteiger partial charge in [0.15, 0.2) is 0 Å². The smallest absolute Gasteiger partial charge is 0.0736 e. The Kier molecular flexibility index (Phi) is 16.4. The molecule has 0 bridgehead atoms. The van der Waals surface area contributed by atoms with Gasteiger partial charge < -0.3 is 10.2 Å². The van der Waals surface area contributed by atoms with Crippen LogP contribution in [0.4, 0.5) is 28.4 Å². The van der Waals surface area contributed by atoms with E-state index < -0.39 is 5.41 Å². The van der Waals surface area contributed by atoms with E-state index >= 15 is 0 Å². The number of fused-ring (bicyclic) bond motifs is 22. The Bertz CT molecular complexity index is 5630. The Hall–Kier alpha value is -11.2. The number of nitrogens with zero attached hydrogens (tertiary/aromatic N) is 1. The second-order valence-electron chi connectivity index (χ2n) is 25.5. The summed E-state index contributed by atoms with van der Waals surface area (Å²) in [6, 6.07) is 136. The van der Waals surface area contributed by atoms with Crippen molar-refractivity contribution in [1.82, 2.24) is 0 Å². The van der Waals surface area contributed by atoms with Gasteiger partial charge in [-0.1, -0.05) is 326 Å². The van der Waals surface area contributed by atoms with Crippen molar-refractivity contribution in [2.24, 2.45) is 0 Å². The second kappa shape index (κ2) is 26.2. The van der Waals surface area contributed by atoms with E-state index in [0.717, 1.165) is 32.9 Å². The minimum absolute atomic E-state index is 0. The normalized spacial score (nSPS) is 13.1. The molecule has 0 fully saturated rings. The van der Waals surface area contributed by atoms with Gasteiger partial charge >= 0.3 is 0 Å². The second-order valence-corrected chi connectivity index (χ2v) is 28.6. The van der Waals surface area contributed by atoms with Crippen molar-refractivity contribution in [3.63, 3.8) is 0 Å². The number of hydrogen-bond acceptors (Lipinski definition) is 4. The number of halogens is 1. The van der Waals surface area contributed by atoms with E-state index in [0.29, 0.717) is 0 Å². The number of hydrogen-bond donors (Lipinski definition) is 1. The van der Waals surface area contributed by atoms with Gasteiger partial charge in [-0.15, -0.1) is 0 Å². The van der Waals surface area contributed by atoms with Crippen LogP contribution in [0.2, 0.25) is 0 Å². The van der Waals surface area contributed by atoms with E-state index in [1.54, 1.807) is 0 Å². The average molecular weight is 1380 g/mol. The van der Waals surface area contributed by atoms with Crippen LogP contribution in [0.1, 0.15) is 51.9 Å². The fourth-order valence-corrected chi connectivity index (χ4v) is 18.7. The van der Waals surface area contributed by atoms with Crippen LogP contribution in [0.15, 0.2) is 400 Å². The first-order chi connectivity index (χ1) is 49.0. The molecule has 0 aromatic heterocycles. The predicted molar refractivity (Wildman–Crippen MR) is 427 cm³/mol. The molecule has 100 heavy (non-hydrogen) atoms. The molecular formula is C95H67BrN2S2. The number of para-hydroxylation sites is 2. The number of benzene rings is 16. The number of rotatable bonds is 7. The topological polar surface area (TPSA) is 15.3 Å². The summed E-state index contributed by atoms with van der Waals surface area (Å²) in [6.45, 7) is 0. The Balaban J connectivity index is 0.000000125. The van der Waals surface area contributed by atoms with Gasteiger partial charge in [-0.25, -0.2) is 0 Å². The SMILES string of the molecule is Brc1ccc2c(c1)C1(c3ccccc3Sc3ccccc31)c1ccc3ccccc3c1-2.C.c1ccc(-c2ccc(N(c3ccccc3)c3ccc4c(c3)C3(c5ccccc5Sc5ccccc53)c3ccc5ccccc5c3-4)cc2)cc1.c1ccc(Nc2ccc(-c3ccccc3)cc2)cc1.